The predicted molar refractivity (Wildman–Crippen MR) is 53.8 cm³/mol. The third-order valence-electron chi connectivity index (χ3n) is 2.97. The second-order valence-electron chi connectivity index (χ2n) is 3.80. The van der Waals surface area contributed by atoms with Gasteiger partial charge < -0.3 is 5.11 Å². The summed E-state index contributed by atoms with van der Waals surface area (Å²) in [4.78, 5) is 0. The molecule has 1 aromatic carbocycles. The van der Waals surface area contributed by atoms with E-state index in [1.54, 1.807) is 0 Å². The zero-order chi connectivity index (χ0) is 9.10. The maximum absolute atomic E-state index is 8.94. The van der Waals surface area contributed by atoms with Gasteiger partial charge in [-0.2, -0.15) is 0 Å². The number of hydrogen-bond donors (Lipinski definition) is 1. The minimum absolute atomic E-state index is 0.318. The van der Waals surface area contributed by atoms with Crippen LogP contribution in [-0.2, 0) is 6.42 Å². The van der Waals surface area contributed by atoms with E-state index in [-0.39, 0.29) is 0 Å². The lowest BCUT2D eigenvalue weighted by molar-refractivity contribution is 0.269. The van der Waals surface area contributed by atoms with Crippen molar-refractivity contribution in [2.45, 2.75) is 31.6 Å². The van der Waals surface area contributed by atoms with Crippen molar-refractivity contribution in [2.24, 2.45) is 0 Å². The number of rotatable bonds is 2. The average Bonchev–Trinajstić information content (AvgIpc) is 2.19. The van der Waals surface area contributed by atoms with Crippen molar-refractivity contribution in [3.8, 4) is 0 Å². The lowest BCUT2D eigenvalue weighted by Gasteiger charge is -2.24. The van der Waals surface area contributed by atoms with E-state index < -0.39 is 0 Å². The largest absolute Gasteiger partial charge is 0.396 e. The second-order valence-corrected chi connectivity index (χ2v) is 3.80. The fourth-order valence-corrected chi connectivity index (χ4v) is 2.31. The molecule has 0 aliphatic heterocycles. The molecule has 13 heavy (non-hydrogen) atoms. The van der Waals surface area contributed by atoms with Gasteiger partial charge in [0.2, 0.25) is 0 Å². The van der Waals surface area contributed by atoms with Gasteiger partial charge in [-0.3, -0.25) is 0 Å². The average molecular weight is 176 g/mol. The summed E-state index contributed by atoms with van der Waals surface area (Å²) < 4.78 is 0. The molecule has 1 N–H and O–H groups in total. The van der Waals surface area contributed by atoms with Crippen molar-refractivity contribution in [1.82, 2.24) is 0 Å². The van der Waals surface area contributed by atoms with Gasteiger partial charge in [-0.1, -0.05) is 24.3 Å². The first kappa shape index (κ1) is 8.76. The summed E-state index contributed by atoms with van der Waals surface area (Å²) in [7, 11) is 0. The van der Waals surface area contributed by atoms with Gasteiger partial charge in [-0.15, -0.1) is 0 Å². The summed E-state index contributed by atoms with van der Waals surface area (Å²) in [6, 6.07) is 8.66. The van der Waals surface area contributed by atoms with E-state index >= 15 is 0 Å². The molecular weight excluding hydrogens is 160 g/mol. The first-order valence-corrected chi connectivity index (χ1v) is 5.10. The van der Waals surface area contributed by atoms with Crippen LogP contribution in [0, 0.1) is 0 Å². The number of aliphatic hydroxyl groups excluding tert-OH is 1. The molecule has 0 bridgehead atoms. The molecule has 1 heteroatoms. The molecule has 0 heterocycles. The van der Waals surface area contributed by atoms with E-state index in [0.717, 1.165) is 6.42 Å². The van der Waals surface area contributed by atoms with Crippen LogP contribution in [-0.4, -0.2) is 11.7 Å². The van der Waals surface area contributed by atoms with E-state index in [9.17, 15) is 0 Å². The summed E-state index contributed by atoms with van der Waals surface area (Å²) in [5.41, 5.74) is 2.97. The van der Waals surface area contributed by atoms with Gasteiger partial charge in [-0.05, 0) is 42.7 Å². The Morgan fingerprint density at radius 1 is 1.31 bits per heavy atom. The Morgan fingerprint density at radius 3 is 3.00 bits per heavy atom. The minimum Gasteiger partial charge on any atom is -0.396 e. The van der Waals surface area contributed by atoms with E-state index in [2.05, 4.69) is 24.3 Å². The van der Waals surface area contributed by atoms with Crippen molar-refractivity contribution in [3.63, 3.8) is 0 Å². The number of aryl methyl sites for hydroxylation is 1. The minimum atomic E-state index is 0.318. The lowest BCUT2D eigenvalue weighted by Crippen LogP contribution is -2.10. The summed E-state index contributed by atoms with van der Waals surface area (Å²) in [5, 5.41) is 8.94. The third-order valence-corrected chi connectivity index (χ3v) is 2.97. The van der Waals surface area contributed by atoms with Crippen LogP contribution < -0.4 is 0 Å². The Balaban J connectivity index is 2.26. The second kappa shape index (κ2) is 3.93. The highest BCUT2D eigenvalue weighted by molar-refractivity contribution is 5.32. The predicted octanol–water partition coefficient (Wildman–Crippen LogP) is 2.49. The lowest BCUT2D eigenvalue weighted by atomic mass is 9.81. The zero-order valence-corrected chi connectivity index (χ0v) is 7.87. The molecule has 1 aliphatic carbocycles. The molecule has 0 spiro atoms. The van der Waals surface area contributed by atoms with E-state index in [4.69, 9.17) is 5.11 Å². The molecule has 0 fully saturated rings. The van der Waals surface area contributed by atoms with Crippen LogP contribution in [0.25, 0.3) is 0 Å². The van der Waals surface area contributed by atoms with Gasteiger partial charge in [0.05, 0.1) is 0 Å². The first-order chi connectivity index (χ1) is 6.42. The Hall–Kier alpha value is -0.820. The van der Waals surface area contributed by atoms with Crippen LogP contribution >= 0.6 is 0 Å². The maximum atomic E-state index is 8.94. The van der Waals surface area contributed by atoms with Crippen molar-refractivity contribution < 1.29 is 5.11 Å². The Morgan fingerprint density at radius 2 is 2.15 bits per heavy atom. The van der Waals surface area contributed by atoms with Crippen LogP contribution in [0.2, 0.25) is 0 Å². The molecule has 0 amide bonds. The van der Waals surface area contributed by atoms with Gasteiger partial charge >= 0.3 is 0 Å². The molecule has 0 unspecified atom stereocenters. The maximum Gasteiger partial charge on any atom is 0.0436 e. The Kier molecular flexibility index (Phi) is 2.65. The van der Waals surface area contributed by atoms with Crippen LogP contribution in [0.4, 0.5) is 0 Å². The SMILES string of the molecule is OCC[C@H]1CCCc2ccccc21. The van der Waals surface area contributed by atoms with Crippen molar-refractivity contribution in [1.29, 1.82) is 0 Å². The van der Waals surface area contributed by atoms with Crippen molar-refractivity contribution in [3.05, 3.63) is 35.4 Å². The highest BCUT2D eigenvalue weighted by Crippen LogP contribution is 2.33. The standard InChI is InChI=1S/C12H16O/c13-9-8-11-6-3-5-10-4-1-2-7-12(10)11/h1-2,4,7,11,13H,3,5-6,8-9H2/t11-/m1/s1. The normalized spacial score (nSPS) is 21.2. The van der Waals surface area contributed by atoms with Gasteiger partial charge in [0.1, 0.15) is 0 Å². The number of hydrogen-bond acceptors (Lipinski definition) is 1. The molecular formula is C12H16O. The van der Waals surface area contributed by atoms with E-state index in [1.165, 1.54) is 30.4 Å². The molecule has 2 rings (SSSR count). The topological polar surface area (TPSA) is 20.2 Å². The molecule has 0 saturated heterocycles. The molecule has 0 radical (unpaired) electrons. The summed E-state index contributed by atoms with van der Waals surface area (Å²) in [6.07, 6.45) is 4.67. The number of benzene rings is 1. The number of aliphatic hydroxyl groups is 1. The van der Waals surface area contributed by atoms with Gasteiger partial charge in [0, 0.05) is 6.61 Å². The molecule has 1 aromatic rings. The molecule has 0 aromatic heterocycles. The van der Waals surface area contributed by atoms with E-state index in [1.807, 2.05) is 0 Å². The number of fused-ring (bicyclic) bond motifs is 1. The fourth-order valence-electron chi connectivity index (χ4n) is 2.31. The summed E-state index contributed by atoms with van der Waals surface area (Å²) >= 11 is 0. The Bertz CT molecular complexity index is 280. The molecule has 0 saturated carbocycles. The smallest absolute Gasteiger partial charge is 0.0436 e. The van der Waals surface area contributed by atoms with Gasteiger partial charge in [0.15, 0.2) is 0 Å². The Labute approximate surface area is 79.4 Å². The molecule has 1 nitrogen and oxygen atoms in total. The van der Waals surface area contributed by atoms with Crippen LogP contribution in [0.1, 0.15) is 36.3 Å². The van der Waals surface area contributed by atoms with Gasteiger partial charge in [0.25, 0.3) is 0 Å². The monoisotopic (exact) mass is 176 g/mol. The fraction of sp³-hybridized carbons (Fsp3) is 0.500. The van der Waals surface area contributed by atoms with Crippen molar-refractivity contribution in [2.75, 3.05) is 6.61 Å². The highest BCUT2D eigenvalue weighted by Gasteiger charge is 2.18. The quantitative estimate of drug-likeness (QED) is 0.734. The summed E-state index contributed by atoms with van der Waals surface area (Å²) in [5.74, 6) is 0.606. The van der Waals surface area contributed by atoms with Crippen LogP contribution in [0.3, 0.4) is 0 Å². The van der Waals surface area contributed by atoms with Crippen LogP contribution in [0.15, 0.2) is 24.3 Å². The zero-order valence-electron chi connectivity index (χ0n) is 7.87. The van der Waals surface area contributed by atoms with Gasteiger partial charge in [-0.25, -0.2) is 0 Å². The van der Waals surface area contributed by atoms with Crippen molar-refractivity contribution >= 4 is 0 Å². The molecule has 1 atom stereocenters. The first-order valence-electron chi connectivity index (χ1n) is 5.10. The summed E-state index contributed by atoms with van der Waals surface area (Å²) in [6.45, 7) is 0.318. The molecule has 1 aliphatic rings. The molecule has 70 valence electrons. The third kappa shape index (κ3) is 1.75. The highest BCUT2D eigenvalue weighted by atomic mass is 16.3. The van der Waals surface area contributed by atoms with Crippen LogP contribution in [0.5, 0.6) is 0 Å². The van der Waals surface area contributed by atoms with E-state index in [0.29, 0.717) is 12.5 Å².